The molecule has 1 aromatic carbocycles. The Hall–Kier alpha value is -1.99. The summed E-state index contributed by atoms with van der Waals surface area (Å²) in [4.78, 5) is 12.2. The van der Waals surface area contributed by atoms with Crippen LogP contribution in [0.1, 0.15) is 36.4 Å². The smallest absolute Gasteiger partial charge is 0.230 e. The third kappa shape index (κ3) is 4.10. The number of hydrogen-bond acceptors (Lipinski definition) is 6. The van der Waals surface area contributed by atoms with E-state index in [0.29, 0.717) is 18.2 Å². The number of fused-ring (bicyclic) bond motifs is 1. The van der Waals surface area contributed by atoms with Crippen molar-refractivity contribution in [2.45, 2.75) is 45.3 Å². The topological polar surface area (TPSA) is 73.3 Å². The lowest BCUT2D eigenvalue weighted by molar-refractivity contribution is -0.115. The Balaban J connectivity index is 1.62. The van der Waals surface area contributed by atoms with Gasteiger partial charge in [-0.3, -0.25) is 4.79 Å². The van der Waals surface area contributed by atoms with Crippen LogP contribution in [-0.4, -0.2) is 28.8 Å². The highest BCUT2D eigenvalue weighted by Crippen LogP contribution is 2.33. The predicted molar refractivity (Wildman–Crippen MR) is 92.4 cm³/mol. The summed E-state index contributed by atoms with van der Waals surface area (Å²) in [6, 6.07) is 5.96. The average molecular weight is 347 g/mol. The first-order valence-corrected chi connectivity index (χ1v) is 8.69. The first kappa shape index (κ1) is 16.9. The molecule has 0 unspecified atom stereocenters. The molecule has 2 aromatic rings. The molecule has 1 aliphatic heterocycles. The molecule has 24 heavy (non-hydrogen) atoms. The Kier molecular flexibility index (Phi) is 4.82. The molecular weight excluding hydrogens is 326 g/mol. The number of aromatic nitrogens is 2. The van der Waals surface area contributed by atoms with Crippen molar-refractivity contribution in [1.82, 2.24) is 10.2 Å². The van der Waals surface area contributed by atoms with Crippen LogP contribution < -0.4 is 10.1 Å². The summed E-state index contributed by atoms with van der Waals surface area (Å²) < 4.78 is 11.0. The summed E-state index contributed by atoms with van der Waals surface area (Å²) in [5.74, 6) is 0.816. The van der Waals surface area contributed by atoms with Gasteiger partial charge in [0, 0.05) is 7.11 Å². The van der Waals surface area contributed by atoms with Crippen LogP contribution in [0, 0.1) is 0 Å². The van der Waals surface area contributed by atoms with Gasteiger partial charge in [-0.25, -0.2) is 0 Å². The van der Waals surface area contributed by atoms with Crippen LogP contribution in [0.5, 0.6) is 5.75 Å². The van der Waals surface area contributed by atoms with Gasteiger partial charge >= 0.3 is 0 Å². The lowest BCUT2D eigenvalue weighted by atomic mass is 9.93. The van der Waals surface area contributed by atoms with Crippen molar-refractivity contribution in [1.29, 1.82) is 0 Å². The number of carbonyl (C=O) groups excluding carboxylic acids is 1. The van der Waals surface area contributed by atoms with Crippen LogP contribution in [0.4, 0.5) is 5.13 Å². The summed E-state index contributed by atoms with van der Waals surface area (Å²) in [5, 5.41) is 11.9. The largest absolute Gasteiger partial charge is 0.488 e. The zero-order chi connectivity index (χ0) is 17.2. The number of nitrogens with zero attached hydrogens (tertiary/aromatic N) is 2. The van der Waals surface area contributed by atoms with Gasteiger partial charge in [0.1, 0.15) is 23.0 Å². The number of rotatable bonds is 5. The number of nitrogens with one attached hydrogen (secondary N) is 1. The first-order valence-electron chi connectivity index (χ1n) is 7.87. The molecule has 1 N–H and O–H groups in total. The van der Waals surface area contributed by atoms with E-state index in [2.05, 4.69) is 35.4 Å². The van der Waals surface area contributed by atoms with Crippen molar-refractivity contribution in [2.75, 3.05) is 12.4 Å². The molecule has 0 aliphatic carbocycles. The van der Waals surface area contributed by atoms with Gasteiger partial charge in [-0.05, 0) is 43.9 Å². The van der Waals surface area contributed by atoms with E-state index in [4.69, 9.17) is 9.47 Å². The standard InChI is InChI=1S/C17H21N3O3S/c1-17(2)7-6-12-8-11(4-5-13(12)23-17)9-14(21)18-16-20-19-15(24-16)10-22-3/h4-5,8H,6-7,9-10H2,1-3H3,(H,18,20,21). The molecule has 1 aliphatic rings. The van der Waals surface area contributed by atoms with E-state index in [-0.39, 0.29) is 11.5 Å². The molecule has 3 rings (SSSR count). The van der Waals surface area contributed by atoms with Crippen LogP contribution in [0.3, 0.4) is 0 Å². The molecule has 0 saturated heterocycles. The van der Waals surface area contributed by atoms with Gasteiger partial charge < -0.3 is 14.8 Å². The molecule has 0 spiro atoms. The molecule has 1 aromatic heterocycles. The highest BCUT2D eigenvalue weighted by molar-refractivity contribution is 7.15. The second kappa shape index (κ2) is 6.86. The highest BCUT2D eigenvalue weighted by Gasteiger charge is 2.26. The third-order valence-electron chi connectivity index (χ3n) is 3.85. The fourth-order valence-corrected chi connectivity index (χ4v) is 3.38. The maximum Gasteiger partial charge on any atom is 0.230 e. The van der Waals surface area contributed by atoms with Crippen LogP contribution in [0.2, 0.25) is 0 Å². The van der Waals surface area contributed by atoms with Crippen molar-refractivity contribution < 1.29 is 14.3 Å². The number of ether oxygens (including phenoxy) is 2. The van der Waals surface area contributed by atoms with Crippen LogP contribution in [0.15, 0.2) is 18.2 Å². The monoisotopic (exact) mass is 347 g/mol. The van der Waals surface area contributed by atoms with Gasteiger partial charge in [0.25, 0.3) is 0 Å². The quantitative estimate of drug-likeness (QED) is 0.900. The van der Waals surface area contributed by atoms with E-state index in [1.165, 1.54) is 11.3 Å². The fraction of sp³-hybridized carbons (Fsp3) is 0.471. The number of carbonyl (C=O) groups is 1. The molecule has 0 fully saturated rings. The summed E-state index contributed by atoms with van der Waals surface area (Å²) >= 11 is 1.32. The van der Waals surface area contributed by atoms with E-state index in [1.54, 1.807) is 7.11 Å². The van der Waals surface area contributed by atoms with E-state index < -0.39 is 0 Å². The van der Waals surface area contributed by atoms with Gasteiger partial charge in [-0.15, -0.1) is 10.2 Å². The predicted octanol–water partition coefficient (Wildman–Crippen LogP) is 2.97. The lowest BCUT2D eigenvalue weighted by Gasteiger charge is -2.32. The maximum atomic E-state index is 12.2. The Bertz CT molecular complexity index is 742. The van der Waals surface area contributed by atoms with Crippen LogP contribution in [-0.2, 0) is 29.0 Å². The van der Waals surface area contributed by atoms with Crippen LogP contribution >= 0.6 is 11.3 Å². The molecule has 0 saturated carbocycles. The van der Waals surface area contributed by atoms with Gasteiger partial charge in [0.2, 0.25) is 11.0 Å². The Morgan fingerprint density at radius 3 is 3.04 bits per heavy atom. The first-order chi connectivity index (χ1) is 11.4. The molecule has 0 radical (unpaired) electrons. The van der Waals surface area contributed by atoms with Gasteiger partial charge in [0.05, 0.1) is 6.42 Å². The number of methoxy groups -OCH3 is 1. The number of benzene rings is 1. The minimum Gasteiger partial charge on any atom is -0.488 e. The average Bonchev–Trinajstić information content (AvgIpc) is 2.94. The molecule has 7 heteroatoms. The SMILES string of the molecule is COCc1nnc(NC(=O)Cc2ccc3c(c2)CCC(C)(C)O3)s1. The normalized spacial score (nSPS) is 15.5. The van der Waals surface area contributed by atoms with Crippen molar-refractivity contribution in [3.05, 3.63) is 34.3 Å². The molecule has 2 heterocycles. The fourth-order valence-electron chi connectivity index (χ4n) is 2.66. The van der Waals surface area contributed by atoms with E-state index >= 15 is 0 Å². The van der Waals surface area contributed by atoms with Crippen LogP contribution in [0.25, 0.3) is 0 Å². The minimum absolute atomic E-state index is 0.105. The molecule has 1 amide bonds. The molecule has 0 atom stereocenters. The second-order valence-corrected chi connectivity index (χ2v) is 7.52. The number of anilines is 1. The van der Waals surface area contributed by atoms with Crippen molar-refractivity contribution >= 4 is 22.4 Å². The highest BCUT2D eigenvalue weighted by atomic mass is 32.1. The summed E-state index contributed by atoms with van der Waals surface area (Å²) in [5.41, 5.74) is 2.01. The molecule has 6 nitrogen and oxygen atoms in total. The minimum atomic E-state index is -0.121. The lowest BCUT2D eigenvalue weighted by Crippen LogP contribution is -2.32. The van der Waals surface area contributed by atoms with Gasteiger partial charge in [-0.2, -0.15) is 0 Å². The summed E-state index contributed by atoms with van der Waals surface area (Å²) in [7, 11) is 1.60. The third-order valence-corrected chi connectivity index (χ3v) is 4.67. The van der Waals surface area contributed by atoms with Gasteiger partial charge in [-0.1, -0.05) is 23.5 Å². The van der Waals surface area contributed by atoms with Crippen molar-refractivity contribution in [3.63, 3.8) is 0 Å². The Morgan fingerprint density at radius 1 is 1.42 bits per heavy atom. The van der Waals surface area contributed by atoms with Gasteiger partial charge in [0.15, 0.2) is 0 Å². The molecule has 128 valence electrons. The van der Waals surface area contributed by atoms with E-state index in [1.807, 2.05) is 12.1 Å². The second-order valence-electron chi connectivity index (χ2n) is 6.46. The Labute approximate surface area is 145 Å². The van der Waals surface area contributed by atoms with Crippen molar-refractivity contribution in [2.24, 2.45) is 0 Å². The summed E-state index contributed by atoms with van der Waals surface area (Å²) in [6.07, 6.45) is 2.24. The summed E-state index contributed by atoms with van der Waals surface area (Å²) in [6.45, 7) is 4.59. The number of aryl methyl sites for hydroxylation is 1. The maximum absolute atomic E-state index is 12.2. The zero-order valence-electron chi connectivity index (χ0n) is 14.1. The number of hydrogen-bond donors (Lipinski definition) is 1. The molecule has 0 bridgehead atoms. The van der Waals surface area contributed by atoms with Crippen molar-refractivity contribution in [3.8, 4) is 5.75 Å². The van der Waals surface area contributed by atoms with E-state index in [0.717, 1.165) is 34.7 Å². The zero-order valence-corrected chi connectivity index (χ0v) is 14.9. The number of amides is 1. The molecular formula is C17H21N3O3S. The van der Waals surface area contributed by atoms with E-state index in [9.17, 15) is 4.79 Å². The Morgan fingerprint density at radius 2 is 2.25 bits per heavy atom.